The summed E-state index contributed by atoms with van der Waals surface area (Å²) in [5.74, 6) is -2.75. The van der Waals surface area contributed by atoms with Gasteiger partial charge in [0.05, 0.1) is 12.3 Å². The molecule has 0 bridgehead atoms. The van der Waals surface area contributed by atoms with Crippen molar-refractivity contribution in [3.05, 3.63) is 0 Å². The molecule has 0 amide bonds. The van der Waals surface area contributed by atoms with Gasteiger partial charge in [-0.25, -0.2) is 8.78 Å². The van der Waals surface area contributed by atoms with Gasteiger partial charge in [0.15, 0.2) is 0 Å². The van der Waals surface area contributed by atoms with E-state index in [1.165, 1.54) is 19.3 Å². The van der Waals surface area contributed by atoms with Gasteiger partial charge in [0.1, 0.15) is 0 Å². The maximum atomic E-state index is 12.9. The third kappa shape index (κ3) is 5.68. The van der Waals surface area contributed by atoms with Gasteiger partial charge in [0.2, 0.25) is 0 Å². The monoisotopic (exact) mass is 239 g/mol. The Labute approximate surface area is 94.0 Å². The lowest BCUT2D eigenvalue weighted by Crippen LogP contribution is -2.37. The third-order valence-electron chi connectivity index (χ3n) is 2.82. The number of hydrogen-bond donors (Lipinski definition) is 2. The van der Waals surface area contributed by atoms with Crippen LogP contribution in [-0.4, -0.2) is 29.3 Å². The zero-order chi connectivity index (χ0) is 11.1. The van der Waals surface area contributed by atoms with E-state index in [0.29, 0.717) is 12.5 Å². The van der Waals surface area contributed by atoms with Gasteiger partial charge < -0.3 is 9.87 Å². The topological polar surface area (TPSA) is 32.3 Å². The van der Waals surface area contributed by atoms with Crippen LogP contribution in [0.25, 0.3) is 0 Å². The summed E-state index contributed by atoms with van der Waals surface area (Å²) in [6.07, 6.45) is 6.07. The van der Waals surface area contributed by atoms with Crippen molar-refractivity contribution in [1.29, 1.82) is 0 Å². The first-order valence-electron chi connectivity index (χ1n) is 5.49. The molecule has 5 heteroatoms. The summed E-state index contributed by atoms with van der Waals surface area (Å²) < 4.78 is 34.2. The molecule has 1 rings (SSSR count). The van der Waals surface area contributed by atoms with Gasteiger partial charge in [-0.15, -0.1) is 0 Å². The fraction of sp³-hybridized carbons (Fsp3) is 1.00. The van der Waals surface area contributed by atoms with Crippen LogP contribution < -0.4 is 5.32 Å². The van der Waals surface area contributed by atoms with Crippen molar-refractivity contribution in [1.82, 2.24) is 5.32 Å². The molecule has 90 valence electrons. The fourth-order valence-corrected chi connectivity index (χ4v) is 2.29. The molecular weight excluding hydrogens is 220 g/mol. The van der Waals surface area contributed by atoms with Crippen molar-refractivity contribution >= 4 is 12.0 Å². The van der Waals surface area contributed by atoms with E-state index < -0.39 is 11.7 Å². The molecule has 1 fully saturated rings. The summed E-state index contributed by atoms with van der Waals surface area (Å²) in [7, 11) is 0. The molecule has 1 aliphatic rings. The van der Waals surface area contributed by atoms with Crippen LogP contribution in [0.1, 0.15) is 32.1 Å². The van der Waals surface area contributed by atoms with Crippen LogP contribution >= 0.6 is 12.0 Å². The molecule has 0 aliphatic heterocycles. The van der Waals surface area contributed by atoms with Crippen LogP contribution in [0, 0.1) is 5.92 Å². The van der Waals surface area contributed by atoms with E-state index in [2.05, 4.69) is 5.32 Å². The molecule has 15 heavy (non-hydrogen) atoms. The molecule has 2 N–H and O–H groups in total. The van der Waals surface area contributed by atoms with Crippen molar-refractivity contribution in [2.24, 2.45) is 5.92 Å². The van der Waals surface area contributed by atoms with E-state index in [1.54, 1.807) is 0 Å². The summed E-state index contributed by atoms with van der Waals surface area (Å²) >= 11 is 0.205. The molecule has 0 unspecified atom stereocenters. The lowest BCUT2D eigenvalue weighted by molar-refractivity contribution is 0.0261. The van der Waals surface area contributed by atoms with E-state index in [-0.39, 0.29) is 18.6 Å². The molecule has 0 heterocycles. The second-order valence-electron chi connectivity index (χ2n) is 4.26. The number of alkyl halides is 2. The van der Waals surface area contributed by atoms with Crippen LogP contribution in [0.2, 0.25) is 0 Å². The summed E-state index contributed by atoms with van der Waals surface area (Å²) in [5, 5.41) is 2.81. The summed E-state index contributed by atoms with van der Waals surface area (Å²) in [6.45, 7) is 0.364. The Bertz CT molecular complexity index is 175. The van der Waals surface area contributed by atoms with E-state index in [0.717, 1.165) is 12.8 Å². The third-order valence-corrected chi connectivity index (χ3v) is 3.37. The Balaban J connectivity index is 2.09. The first-order chi connectivity index (χ1) is 7.14. The van der Waals surface area contributed by atoms with Crippen molar-refractivity contribution in [2.45, 2.75) is 38.0 Å². The van der Waals surface area contributed by atoms with Crippen molar-refractivity contribution in [3.63, 3.8) is 0 Å². The van der Waals surface area contributed by atoms with Crippen LogP contribution in [0.4, 0.5) is 8.78 Å². The average Bonchev–Trinajstić information content (AvgIpc) is 2.19. The van der Waals surface area contributed by atoms with Gasteiger partial charge in [0, 0.05) is 0 Å². The molecule has 2 nitrogen and oxygen atoms in total. The molecule has 1 aliphatic carbocycles. The minimum atomic E-state index is -2.80. The van der Waals surface area contributed by atoms with Crippen molar-refractivity contribution in [2.75, 3.05) is 18.8 Å². The quantitative estimate of drug-likeness (QED) is 0.699. The van der Waals surface area contributed by atoms with Gasteiger partial charge in [-0.3, -0.25) is 0 Å². The summed E-state index contributed by atoms with van der Waals surface area (Å²) in [6, 6.07) is 0. The maximum Gasteiger partial charge on any atom is 0.271 e. The molecule has 0 aromatic carbocycles. The molecular formula is C10H19F2NOS. The van der Waals surface area contributed by atoms with Gasteiger partial charge in [-0.2, -0.15) is 0 Å². The minimum absolute atomic E-state index is 0.205. The SMILES string of the molecule is OSCC(F)(F)CNCC1CCCCC1. The Kier molecular flexibility index (Phi) is 5.86. The molecule has 1 saturated carbocycles. The Morgan fingerprint density at radius 1 is 1.27 bits per heavy atom. The van der Waals surface area contributed by atoms with E-state index in [9.17, 15) is 8.78 Å². The molecule has 0 aromatic rings. The Hall–Kier alpha value is 0.130. The van der Waals surface area contributed by atoms with Crippen LogP contribution in [0.5, 0.6) is 0 Å². The highest BCUT2D eigenvalue weighted by molar-refractivity contribution is 7.93. The molecule has 0 saturated heterocycles. The second kappa shape index (κ2) is 6.66. The van der Waals surface area contributed by atoms with Gasteiger partial charge in [-0.1, -0.05) is 19.3 Å². The summed E-state index contributed by atoms with van der Waals surface area (Å²) in [5.41, 5.74) is 0. The van der Waals surface area contributed by atoms with E-state index in [1.807, 2.05) is 0 Å². The minimum Gasteiger partial charge on any atom is -0.330 e. The maximum absolute atomic E-state index is 12.9. The highest BCUT2D eigenvalue weighted by Gasteiger charge is 2.28. The van der Waals surface area contributed by atoms with E-state index in [4.69, 9.17) is 4.55 Å². The highest BCUT2D eigenvalue weighted by atomic mass is 32.2. The normalized spacial score (nSPS) is 19.4. The number of rotatable bonds is 6. The Morgan fingerprint density at radius 2 is 1.93 bits per heavy atom. The fourth-order valence-electron chi connectivity index (χ4n) is 2.00. The zero-order valence-electron chi connectivity index (χ0n) is 8.85. The molecule has 0 atom stereocenters. The molecule has 0 radical (unpaired) electrons. The predicted molar refractivity (Wildman–Crippen MR) is 59.5 cm³/mol. The largest absolute Gasteiger partial charge is 0.330 e. The number of hydrogen-bond acceptors (Lipinski definition) is 3. The first-order valence-corrected chi connectivity index (χ1v) is 6.43. The first kappa shape index (κ1) is 13.2. The smallest absolute Gasteiger partial charge is 0.271 e. The van der Waals surface area contributed by atoms with E-state index >= 15 is 0 Å². The van der Waals surface area contributed by atoms with Crippen LogP contribution in [0.3, 0.4) is 0 Å². The lowest BCUT2D eigenvalue weighted by Gasteiger charge is -2.23. The lowest BCUT2D eigenvalue weighted by atomic mass is 9.89. The number of nitrogens with one attached hydrogen (secondary N) is 1. The zero-order valence-corrected chi connectivity index (χ0v) is 9.66. The van der Waals surface area contributed by atoms with Crippen molar-refractivity contribution in [3.8, 4) is 0 Å². The van der Waals surface area contributed by atoms with Crippen LogP contribution in [0.15, 0.2) is 0 Å². The van der Waals surface area contributed by atoms with Gasteiger partial charge in [0.25, 0.3) is 5.92 Å². The van der Waals surface area contributed by atoms with Crippen molar-refractivity contribution < 1.29 is 13.3 Å². The number of halogens is 2. The molecule has 0 aromatic heterocycles. The highest BCUT2D eigenvalue weighted by Crippen LogP contribution is 2.23. The predicted octanol–water partition coefficient (Wildman–Crippen LogP) is 3.00. The van der Waals surface area contributed by atoms with Gasteiger partial charge in [-0.05, 0) is 37.3 Å². The average molecular weight is 239 g/mol. The standard InChI is InChI=1S/C10H19F2NOS/c11-10(12,8-15-14)7-13-6-9-4-2-1-3-5-9/h9,13-14H,1-8H2. The summed E-state index contributed by atoms with van der Waals surface area (Å²) in [4.78, 5) is 0. The van der Waals surface area contributed by atoms with Crippen LogP contribution in [-0.2, 0) is 0 Å². The van der Waals surface area contributed by atoms with Gasteiger partial charge >= 0.3 is 0 Å². The molecule has 0 spiro atoms. The second-order valence-corrected chi connectivity index (χ2v) is 4.81. The Morgan fingerprint density at radius 3 is 2.53 bits per heavy atom.